The molecule has 7 nitrogen and oxygen atoms in total. The Morgan fingerprint density at radius 2 is 2.07 bits per heavy atom. The standard InChI is InChI=1S/C21H21BrN4O3/c1-3-8-26-18-17(20(28)25-21(26)29)14(10-16(23-18)12-5-6-12)19(27)24-15-9-13(22)7-4-11(15)2/h4,7,9-10,12H,3,5-6,8H2,1-2H3,(H,24,27)(H,25,28,29). The number of pyridine rings is 1. The van der Waals surface area contributed by atoms with Crippen LogP contribution < -0.4 is 16.6 Å². The van der Waals surface area contributed by atoms with Crippen molar-refractivity contribution in [2.45, 2.75) is 45.6 Å². The molecule has 0 unspecified atom stereocenters. The van der Waals surface area contributed by atoms with Gasteiger partial charge in [-0.3, -0.25) is 19.1 Å². The zero-order valence-corrected chi connectivity index (χ0v) is 17.8. The maximum Gasteiger partial charge on any atom is 0.329 e. The molecule has 1 fully saturated rings. The molecule has 2 heterocycles. The first kappa shape index (κ1) is 19.6. The summed E-state index contributed by atoms with van der Waals surface area (Å²) in [7, 11) is 0. The smallest absolute Gasteiger partial charge is 0.322 e. The summed E-state index contributed by atoms with van der Waals surface area (Å²) in [6.45, 7) is 4.25. The lowest BCUT2D eigenvalue weighted by molar-refractivity contribution is 0.102. The van der Waals surface area contributed by atoms with Gasteiger partial charge >= 0.3 is 5.69 Å². The molecule has 1 aliphatic carbocycles. The average molecular weight is 457 g/mol. The summed E-state index contributed by atoms with van der Waals surface area (Å²) < 4.78 is 2.29. The largest absolute Gasteiger partial charge is 0.329 e. The summed E-state index contributed by atoms with van der Waals surface area (Å²) in [6.07, 6.45) is 2.69. The highest BCUT2D eigenvalue weighted by Crippen LogP contribution is 2.40. The quantitative estimate of drug-likeness (QED) is 0.611. The number of fused-ring (bicyclic) bond motifs is 1. The molecule has 3 aromatic rings. The minimum atomic E-state index is -0.594. The van der Waals surface area contributed by atoms with Gasteiger partial charge in [0.15, 0.2) is 5.65 Å². The van der Waals surface area contributed by atoms with E-state index in [0.717, 1.165) is 28.6 Å². The molecule has 0 aliphatic heterocycles. The Morgan fingerprint density at radius 3 is 2.76 bits per heavy atom. The molecule has 0 saturated heterocycles. The van der Waals surface area contributed by atoms with Crippen molar-refractivity contribution in [1.29, 1.82) is 0 Å². The van der Waals surface area contributed by atoms with E-state index >= 15 is 0 Å². The third-order valence-electron chi connectivity index (χ3n) is 5.10. The van der Waals surface area contributed by atoms with Crippen molar-refractivity contribution in [3.05, 3.63) is 66.4 Å². The van der Waals surface area contributed by atoms with Crippen LogP contribution in [0.15, 0.2) is 38.3 Å². The number of benzene rings is 1. The van der Waals surface area contributed by atoms with Gasteiger partial charge in [0.1, 0.15) is 0 Å². The Bertz CT molecular complexity index is 1240. The first-order valence-electron chi connectivity index (χ1n) is 9.64. The summed E-state index contributed by atoms with van der Waals surface area (Å²) >= 11 is 3.41. The second-order valence-electron chi connectivity index (χ2n) is 7.39. The van der Waals surface area contributed by atoms with Crippen molar-refractivity contribution in [3.63, 3.8) is 0 Å². The molecule has 2 aromatic heterocycles. The van der Waals surface area contributed by atoms with Crippen LogP contribution in [0.1, 0.15) is 53.7 Å². The number of hydrogen-bond acceptors (Lipinski definition) is 4. The molecule has 1 amide bonds. The Balaban J connectivity index is 1.92. The number of aryl methyl sites for hydroxylation is 2. The van der Waals surface area contributed by atoms with E-state index in [2.05, 4.69) is 31.2 Å². The van der Waals surface area contributed by atoms with Crippen LogP contribution in [0.3, 0.4) is 0 Å². The summed E-state index contributed by atoms with van der Waals surface area (Å²) in [4.78, 5) is 45.2. The molecule has 0 bridgehead atoms. The zero-order valence-electron chi connectivity index (χ0n) is 16.2. The van der Waals surface area contributed by atoms with Crippen LogP contribution in [-0.4, -0.2) is 20.4 Å². The number of nitrogens with one attached hydrogen (secondary N) is 2. The van der Waals surface area contributed by atoms with Crippen LogP contribution >= 0.6 is 15.9 Å². The molecule has 29 heavy (non-hydrogen) atoms. The van der Waals surface area contributed by atoms with Crippen molar-refractivity contribution < 1.29 is 4.79 Å². The lowest BCUT2D eigenvalue weighted by Crippen LogP contribution is -2.32. The molecule has 2 N–H and O–H groups in total. The Labute approximate surface area is 175 Å². The van der Waals surface area contributed by atoms with Gasteiger partial charge in [-0.1, -0.05) is 28.9 Å². The second-order valence-corrected chi connectivity index (χ2v) is 8.31. The maximum absolute atomic E-state index is 13.2. The molecule has 150 valence electrons. The number of carbonyl (C=O) groups is 1. The third kappa shape index (κ3) is 3.76. The van der Waals surface area contributed by atoms with Crippen LogP contribution in [0.25, 0.3) is 11.0 Å². The summed E-state index contributed by atoms with van der Waals surface area (Å²) in [5.41, 5.74) is 1.73. The fraction of sp³-hybridized carbons (Fsp3) is 0.333. The lowest BCUT2D eigenvalue weighted by Gasteiger charge is -2.14. The van der Waals surface area contributed by atoms with Crippen molar-refractivity contribution in [1.82, 2.24) is 14.5 Å². The van der Waals surface area contributed by atoms with Gasteiger partial charge in [-0.2, -0.15) is 0 Å². The Morgan fingerprint density at radius 1 is 1.31 bits per heavy atom. The van der Waals surface area contributed by atoms with Gasteiger partial charge in [-0.15, -0.1) is 0 Å². The lowest BCUT2D eigenvalue weighted by atomic mass is 10.1. The fourth-order valence-electron chi connectivity index (χ4n) is 3.41. The first-order valence-corrected chi connectivity index (χ1v) is 10.4. The third-order valence-corrected chi connectivity index (χ3v) is 5.60. The SMILES string of the molecule is CCCn1c(=O)[nH]c(=O)c2c(C(=O)Nc3cc(Br)ccc3C)cc(C3CC3)nc21. The number of amides is 1. The van der Waals surface area contributed by atoms with Crippen molar-refractivity contribution >= 4 is 38.6 Å². The predicted octanol–water partition coefficient (Wildman–Crippen LogP) is 3.70. The number of rotatable bonds is 5. The molecule has 0 radical (unpaired) electrons. The van der Waals surface area contributed by atoms with Gasteiger partial charge in [0, 0.05) is 28.3 Å². The Hall–Kier alpha value is -2.74. The molecule has 0 atom stereocenters. The number of aromatic nitrogens is 3. The van der Waals surface area contributed by atoms with Crippen LogP contribution in [0, 0.1) is 6.92 Å². The molecule has 1 aromatic carbocycles. The number of anilines is 1. The van der Waals surface area contributed by atoms with E-state index in [-0.39, 0.29) is 22.5 Å². The van der Waals surface area contributed by atoms with E-state index in [1.54, 1.807) is 6.07 Å². The summed E-state index contributed by atoms with van der Waals surface area (Å²) in [6, 6.07) is 7.30. The predicted molar refractivity (Wildman–Crippen MR) is 116 cm³/mol. The fourth-order valence-corrected chi connectivity index (χ4v) is 3.77. The van der Waals surface area contributed by atoms with E-state index in [9.17, 15) is 14.4 Å². The van der Waals surface area contributed by atoms with E-state index in [1.165, 1.54) is 4.57 Å². The molecule has 4 rings (SSSR count). The van der Waals surface area contributed by atoms with Gasteiger partial charge in [0.2, 0.25) is 0 Å². The molecule has 0 spiro atoms. The van der Waals surface area contributed by atoms with E-state index in [4.69, 9.17) is 0 Å². The number of nitrogens with zero attached hydrogens (tertiary/aromatic N) is 2. The monoisotopic (exact) mass is 456 g/mol. The van der Waals surface area contributed by atoms with Gasteiger partial charge in [-0.05, 0) is 49.9 Å². The maximum atomic E-state index is 13.2. The molecule has 8 heteroatoms. The van der Waals surface area contributed by atoms with Crippen LogP contribution in [-0.2, 0) is 6.54 Å². The van der Waals surface area contributed by atoms with Crippen molar-refractivity contribution in [3.8, 4) is 0 Å². The number of halogens is 1. The van der Waals surface area contributed by atoms with E-state index in [0.29, 0.717) is 18.7 Å². The summed E-state index contributed by atoms with van der Waals surface area (Å²) in [5.74, 6) is -0.129. The number of hydrogen-bond donors (Lipinski definition) is 2. The van der Waals surface area contributed by atoms with Gasteiger partial charge < -0.3 is 5.32 Å². The van der Waals surface area contributed by atoms with Crippen LogP contribution in [0.2, 0.25) is 0 Å². The van der Waals surface area contributed by atoms with Crippen molar-refractivity contribution in [2.75, 3.05) is 5.32 Å². The van der Waals surface area contributed by atoms with E-state index < -0.39 is 17.2 Å². The Kier molecular flexibility index (Phi) is 5.12. The summed E-state index contributed by atoms with van der Waals surface area (Å²) in [5, 5.41) is 3.05. The molecule has 1 aliphatic rings. The average Bonchev–Trinajstić information content (AvgIpc) is 3.52. The normalized spacial score (nSPS) is 13.6. The van der Waals surface area contributed by atoms with Gasteiger partial charge in [0.05, 0.1) is 10.9 Å². The number of carbonyl (C=O) groups excluding carboxylic acids is 1. The highest BCUT2D eigenvalue weighted by molar-refractivity contribution is 9.10. The van der Waals surface area contributed by atoms with Crippen LogP contribution in [0.5, 0.6) is 0 Å². The minimum absolute atomic E-state index is 0.146. The molecular formula is C21H21BrN4O3. The number of aromatic amines is 1. The van der Waals surface area contributed by atoms with Gasteiger partial charge in [-0.25, -0.2) is 9.78 Å². The topological polar surface area (TPSA) is 96.9 Å². The molecular weight excluding hydrogens is 436 g/mol. The van der Waals surface area contributed by atoms with Gasteiger partial charge in [0.25, 0.3) is 11.5 Å². The highest BCUT2D eigenvalue weighted by Gasteiger charge is 2.28. The zero-order chi connectivity index (χ0) is 20.7. The second kappa shape index (κ2) is 7.59. The minimum Gasteiger partial charge on any atom is -0.322 e. The van der Waals surface area contributed by atoms with E-state index in [1.807, 2.05) is 32.0 Å². The van der Waals surface area contributed by atoms with Crippen molar-refractivity contribution in [2.24, 2.45) is 0 Å². The number of H-pyrrole nitrogens is 1. The molecule has 1 saturated carbocycles. The first-order chi connectivity index (χ1) is 13.9. The highest BCUT2D eigenvalue weighted by atomic mass is 79.9. The van der Waals surface area contributed by atoms with Crippen LogP contribution in [0.4, 0.5) is 5.69 Å².